The van der Waals surface area contributed by atoms with Gasteiger partial charge in [0.2, 0.25) is 0 Å². The van der Waals surface area contributed by atoms with E-state index >= 15 is 0 Å². The summed E-state index contributed by atoms with van der Waals surface area (Å²) in [7, 11) is 0. The molecule has 1 atom stereocenters. The molecule has 1 unspecified atom stereocenters. The quantitative estimate of drug-likeness (QED) is 0.811. The van der Waals surface area contributed by atoms with E-state index in [9.17, 15) is 4.79 Å². The minimum atomic E-state index is -0.793. The van der Waals surface area contributed by atoms with Gasteiger partial charge in [0, 0.05) is 0 Å². The van der Waals surface area contributed by atoms with E-state index in [4.69, 9.17) is 4.74 Å². The number of carbonyl (C=O) groups excluding carboxylic acids is 1. The summed E-state index contributed by atoms with van der Waals surface area (Å²) < 4.78 is 5.26. The average Bonchev–Trinajstić information content (AvgIpc) is 2.39. The Bertz CT molecular complexity index is 468. The second kappa shape index (κ2) is 6.89. The van der Waals surface area contributed by atoms with Crippen LogP contribution in [0.1, 0.15) is 44.4 Å². The number of hydrogen-bond donors (Lipinski definition) is 1. The third-order valence-electron chi connectivity index (χ3n) is 3.63. The molecule has 3 heteroatoms. The summed E-state index contributed by atoms with van der Waals surface area (Å²) >= 11 is 0. The van der Waals surface area contributed by atoms with E-state index in [-0.39, 0.29) is 5.97 Å². The van der Waals surface area contributed by atoms with E-state index < -0.39 is 5.54 Å². The van der Waals surface area contributed by atoms with Crippen LogP contribution >= 0.6 is 0 Å². The Morgan fingerprint density at radius 2 is 1.95 bits per heavy atom. The molecule has 20 heavy (non-hydrogen) atoms. The normalized spacial score (nSPS) is 14.2. The van der Waals surface area contributed by atoms with Crippen LogP contribution in [0.5, 0.6) is 0 Å². The molecule has 0 aliphatic heterocycles. The van der Waals surface area contributed by atoms with Crippen molar-refractivity contribution in [1.82, 2.24) is 5.32 Å². The standard InChI is InChI=1S/C17H27NO2/c1-7-20-16(19)17(6,18-11-12(2)3)15-9-8-13(4)14(5)10-15/h8-10,12,18H,7,11H2,1-6H3. The minimum absolute atomic E-state index is 0.219. The summed E-state index contributed by atoms with van der Waals surface area (Å²) in [4.78, 5) is 12.4. The van der Waals surface area contributed by atoms with Crippen molar-refractivity contribution in [2.75, 3.05) is 13.2 Å². The van der Waals surface area contributed by atoms with Crippen molar-refractivity contribution in [3.8, 4) is 0 Å². The van der Waals surface area contributed by atoms with Crippen molar-refractivity contribution in [3.63, 3.8) is 0 Å². The van der Waals surface area contributed by atoms with Gasteiger partial charge >= 0.3 is 5.97 Å². The van der Waals surface area contributed by atoms with E-state index in [2.05, 4.69) is 45.1 Å². The second-order valence-corrected chi connectivity index (χ2v) is 5.92. The van der Waals surface area contributed by atoms with E-state index in [1.165, 1.54) is 11.1 Å². The van der Waals surface area contributed by atoms with Gasteiger partial charge in [-0.05, 0) is 56.8 Å². The molecule has 0 aliphatic carbocycles. The predicted molar refractivity (Wildman–Crippen MR) is 82.7 cm³/mol. The maximum absolute atomic E-state index is 12.4. The smallest absolute Gasteiger partial charge is 0.330 e. The van der Waals surface area contributed by atoms with Gasteiger partial charge in [0.05, 0.1) is 6.61 Å². The molecule has 0 saturated carbocycles. The number of nitrogens with one attached hydrogen (secondary N) is 1. The molecule has 1 aromatic rings. The number of esters is 1. The second-order valence-electron chi connectivity index (χ2n) is 5.92. The van der Waals surface area contributed by atoms with Gasteiger partial charge in [0.25, 0.3) is 0 Å². The molecule has 1 rings (SSSR count). The third kappa shape index (κ3) is 3.83. The van der Waals surface area contributed by atoms with Crippen LogP contribution in [-0.4, -0.2) is 19.1 Å². The number of aryl methyl sites for hydroxylation is 2. The van der Waals surface area contributed by atoms with Crippen LogP contribution in [0.15, 0.2) is 18.2 Å². The summed E-state index contributed by atoms with van der Waals surface area (Å²) in [6, 6.07) is 6.13. The minimum Gasteiger partial charge on any atom is -0.464 e. The fourth-order valence-corrected chi connectivity index (χ4v) is 2.03. The van der Waals surface area contributed by atoms with Crippen molar-refractivity contribution in [2.24, 2.45) is 5.92 Å². The van der Waals surface area contributed by atoms with Gasteiger partial charge < -0.3 is 4.74 Å². The summed E-state index contributed by atoms with van der Waals surface area (Å²) in [6.45, 7) is 13.3. The van der Waals surface area contributed by atoms with Crippen LogP contribution in [-0.2, 0) is 15.1 Å². The van der Waals surface area contributed by atoms with E-state index in [1.807, 2.05) is 19.9 Å². The Labute approximate surface area is 122 Å². The molecule has 3 nitrogen and oxygen atoms in total. The highest BCUT2D eigenvalue weighted by Crippen LogP contribution is 2.25. The van der Waals surface area contributed by atoms with Gasteiger partial charge in [-0.3, -0.25) is 5.32 Å². The first-order valence-electron chi connectivity index (χ1n) is 7.31. The molecule has 0 fully saturated rings. The Balaban J connectivity index is 3.14. The highest BCUT2D eigenvalue weighted by Gasteiger charge is 2.36. The van der Waals surface area contributed by atoms with Gasteiger partial charge in [-0.2, -0.15) is 0 Å². The first kappa shape index (κ1) is 16.7. The maximum Gasteiger partial charge on any atom is 0.330 e. The van der Waals surface area contributed by atoms with E-state index in [0.717, 1.165) is 12.1 Å². The summed E-state index contributed by atoms with van der Waals surface area (Å²) in [5, 5.41) is 3.37. The summed E-state index contributed by atoms with van der Waals surface area (Å²) in [5.41, 5.74) is 2.58. The first-order valence-corrected chi connectivity index (χ1v) is 7.31. The molecular formula is C17H27NO2. The van der Waals surface area contributed by atoms with Crippen molar-refractivity contribution in [1.29, 1.82) is 0 Å². The van der Waals surface area contributed by atoms with E-state index in [1.54, 1.807) is 0 Å². The molecule has 112 valence electrons. The van der Waals surface area contributed by atoms with Gasteiger partial charge in [-0.25, -0.2) is 4.79 Å². The van der Waals surface area contributed by atoms with Crippen LogP contribution in [0.2, 0.25) is 0 Å². The SMILES string of the molecule is CCOC(=O)C(C)(NCC(C)C)c1ccc(C)c(C)c1. The highest BCUT2D eigenvalue weighted by molar-refractivity contribution is 5.82. The molecular weight excluding hydrogens is 250 g/mol. The number of hydrogen-bond acceptors (Lipinski definition) is 3. The molecule has 0 heterocycles. The van der Waals surface area contributed by atoms with E-state index in [0.29, 0.717) is 12.5 Å². The van der Waals surface area contributed by atoms with Crippen molar-refractivity contribution in [2.45, 2.75) is 47.1 Å². The zero-order chi connectivity index (χ0) is 15.3. The molecule has 0 radical (unpaired) electrons. The van der Waals surface area contributed by atoms with Crippen LogP contribution in [0.25, 0.3) is 0 Å². The Hall–Kier alpha value is -1.35. The largest absolute Gasteiger partial charge is 0.464 e. The first-order chi connectivity index (χ1) is 9.31. The lowest BCUT2D eigenvalue weighted by Crippen LogP contribution is -2.49. The van der Waals surface area contributed by atoms with Gasteiger partial charge in [-0.1, -0.05) is 32.0 Å². The lowest BCUT2D eigenvalue weighted by atomic mass is 9.89. The lowest BCUT2D eigenvalue weighted by Gasteiger charge is -2.30. The summed E-state index contributed by atoms with van der Waals surface area (Å²) in [5.74, 6) is 0.249. The molecule has 1 N–H and O–H groups in total. The topological polar surface area (TPSA) is 38.3 Å². The third-order valence-corrected chi connectivity index (χ3v) is 3.63. The van der Waals surface area contributed by atoms with Crippen LogP contribution in [0, 0.1) is 19.8 Å². The zero-order valence-electron chi connectivity index (χ0n) is 13.5. The number of carbonyl (C=O) groups is 1. The monoisotopic (exact) mass is 277 g/mol. The zero-order valence-corrected chi connectivity index (χ0v) is 13.5. The number of benzene rings is 1. The summed E-state index contributed by atoms with van der Waals surface area (Å²) in [6.07, 6.45) is 0. The lowest BCUT2D eigenvalue weighted by molar-refractivity contribution is -0.151. The predicted octanol–water partition coefficient (Wildman–Crippen LogP) is 3.33. The fraction of sp³-hybridized carbons (Fsp3) is 0.588. The molecule has 0 aromatic heterocycles. The van der Waals surface area contributed by atoms with Crippen LogP contribution in [0.4, 0.5) is 0 Å². The van der Waals surface area contributed by atoms with Gasteiger partial charge in [0.15, 0.2) is 0 Å². The Kier molecular flexibility index (Phi) is 5.75. The Morgan fingerprint density at radius 1 is 1.30 bits per heavy atom. The Morgan fingerprint density at radius 3 is 2.45 bits per heavy atom. The van der Waals surface area contributed by atoms with Gasteiger partial charge in [-0.15, -0.1) is 0 Å². The fourth-order valence-electron chi connectivity index (χ4n) is 2.03. The average molecular weight is 277 g/mol. The van der Waals surface area contributed by atoms with Crippen molar-refractivity contribution in [3.05, 3.63) is 34.9 Å². The molecule has 0 bridgehead atoms. The maximum atomic E-state index is 12.4. The van der Waals surface area contributed by atoms with Crippen LogP contribution in [0.3, 0.4) is 0 Å². The van der Waals surface area contributed by atoms with Gasteiger partial charge in [0.1, 0.15) is 5.54 Å². The molecule has 0 amide bonds. The molecule has 0 aliphatic rings. The van der Waals surface area contributed by atoms with Crippen molar-refractivity contribution < 1.29 is 9.53 Å². The van der Waals surface area contributed by atoms with Crippen molar-refractivity contribution >= 4 is 5.97 Å². The highest BCUT2D eigenvalue weighted by atomic mass is 16.5. The molecule has 0 spiro atoms. The molecule has 1 aromatic carbocycles. The molecule has 0 saturated heterocycles. The number of ether oxygens (including phenoxy) is 1. The number of rotatable bonds is 6. The van der Waals surface area contributed by atoms with Crippen LogP contribution < -0.4 is 5.32 Å².